The molecule has 0 aromatic heterocycles. The van der Waals surface area contributed by atoms with E-state index in [2.05, 4.69) is 5.32 Å². The van der Waals surface area contributed by atoms with Gasteiger partial charge in [-0.1, -0.05) is 24.6 Å². The maximum absolute atomic E-state index is 12.3. The number of benzene rings is 2. The standard InChI is InChI=1S/C22H25NO4/c1-16-7-5-6-10-20(16)23-22(25)17-11-13-18(14-12-17)26-15-21(24)27-19-8-3-2-4-9-19/h5-7,10-14,19H,2-4,8-9,15H2,1H3,(H,23,25). The number of esters is 1. The van der Waals surface area contributed by atoms with Crippen molar-refractivity contribution >= 4 is 17.6 Å². The number of carbonyl (C=O) groups excluding carboxylic acids is 2. The van der Waals surface area contributed by atoms with Gasteiger partial charge in [0.25, 0.3) is 5.91 Å². The predicted octanol–water partition coefficient (Wildman–Crippen LogP) is 4.50. The summed E-state index contributed by atoms with van der Waals surface area (Å²) in [7, 11) is 0. The average Bonchev–Trinajstić information content (AvgIpc) is 2.69. The average molecular weight is 367 g/mol. The Kier molecular flexibility index (Phi) is 6.47. The van der Waals surface area contributed by atoms with E-state index in [-0.39, 0.29) is 24.6 Å². The van der Waals surface area contributed by atoms with Crippen molar-refractivity contribution in [1.82, 2.24) is 0 Å². The van der Waals surface area contributed by atoms with E-state index < -0.39 is 0 Å². The van der Waals surface area contributed by atoms with E-state index in [0.29, 0.717) is 11.3 Å². The molecule has 1 N–H and O–H groups in total. The molecule has 0 spiro atoms. The van der Waals surface area contributed by atoms with Crippen molar-refractivity contribution in [3.8, 4) is 5.75 Å². The summed E-state index contributed by atoms with van der Waals surface area (Å²) in [5.74, 6) is -0.00105. The lowest BCUT2D eigenvalue weighted by atomic mass is 9.98. The largest absolute Gasteiger partial charge is 0.482 e. The molecule has 0 saturated heterocycles. The number of anilines is 1. The molecule has 2 aromatic carbocycles. The lowest BCUT2D eigenvalue weighted by Gasteiger charge is -2.21. The second-order valence-corrected chi connectivity index (χ2v) is 6.83. The minimum atomic E-state index is -0.344. The van der Waals surface area contributed by atoms with Crippen LogP contribution in [0.2, 0.25) is 0 Å². The monoisotopic (exact) mass is 367 g/mol. The Labute approximate surface area is 159 Å². The molecule has 1 aliphatic rings. The van der Waals surface area contributed by atoms with Crippen LogP contribution in [0.15, 0.2) is 48.5 Å². The molecule has 0 radical (unpaired) electrons. The number of ether oxygens (including phenoxy) is 2. The molecule has 27 heavy (non-hydrogen) atoms. The van der Waals surface area contributed by atoms with Gasteiger partial charge >= 0.3 is 5.97 Å². The van der Waals surface area contributed by atoms with E-state index in [0.717, 1.165) is 36.9 Å². The fourth-order valence-corrected chi connectivity index (χ4v) is 3.16. The number of amides is 1. The molecular weight excluding hydrogens is 342 g/mol. The molecule has 0 atom stereocenters. The Bertz CT molecular complexity index is 779. The molecule has 1 saturated carbocycles. The summed E-state index contributed by atoms with van der Waals surface area (Å²) in [5, 5.41) is 2.89. The number of hydrogen-bond acceptors (Lipinski definition) is 4. The van der Waals surface area contributed by atoms with Crippen LogP contribution in [0.3, 0.4) is 0 Å². The Morgan fingerprint density at radius 2 is 1.70 bits per heavy atom. The third kappa shape index (κ3) is 5.58. The van der Waals surface area contributed by atoms with Gasteiger partial charge in [-0.3, -0.25) is 4.79 Å². The minimum Gasteiger partial charge on any atom is -0.482 e. The lowest BCUT2D eigenvalue weighted by molar-refractivity contribution is -0.152. The maximum Gasteiger partial charge on any atom is 0.344 e. The quantitative estimate of drug-likeness (QED) is 0.764. The van der Waals surface area contributed by atoms with Crippen molar-refractivity contribution < 1.29 is 19.1 Å². The zero-order chi connectivity index (χ0) is 19.1. The fourth-order valence-electron chi connectivity index (χ4n) is 3.16. The molecule has 5 heteroatoms. The van der Waals surface area contributed by atoms with Crippen molar-refractivity contribution in [1.29, 1.82) is 0 Å². The van der Waals surface area contributed by atoms with Crippen molar-refractivity contribution in [3.63, 3.8) is 0 Å². The SMILES string of the molecule is Cc1ccccc1NC(=O)c1ccc(OCC(=O)OC2CCCCC2)cc1. The maximum atomic E-state index is 12.3. The molecule has 0 aliphatic heterocycles. The molecular formula is C22H25NO4. The molecule has 0 unspecified atom stereocenters. The summed E-state index contributed by atoms with van der Waals surface area (Å²) in [6, 6.07) is 14.3. The van der Waals surface area contributed by atoms with E-state index in [9.17, 15) is 9.59 Å². The summed E-state index contributed by atoms with van der Waals surface area (Å²) in [4.78, 5) is 24.2. The lowest BCUT2D eigenvalue weighted by Crippen LogP contribution is -2.24. The second-order valence-electron chi connectivity index (χ2n) is 6.83. The fraction of sp³-hybridized carbons (Fsp3) is 0.364. The molecule has 1 aliphatic carbocycles. The number of carbonyl (C=O) groups is 2. The first kappa shape index (κ1) is 19.0. The van der Waals surface area contributed by atoms with Gasteiger partial charge in [0.05, 0.1) is 0 Å². The van der Waals surface area contributed by atoms with Crippen LogP contribution >= 0.6 is 0 Å². The third-order valence-corrected chi connectivity index (χ3v) is 4.72. The summed E-state index contributed by atoms with van der Waals surface area (Å²) >= 11 is 0. The Hall–Kier alpha value is -2.82. The van der Waals surface area contributed by atoms with E-state index in [1.807, 2.05) is 31.2 Å². The van der Waals surface area contributed by atoms with E-state index >= 15 is 0 Å². The Morgan fingerprint density at radius 3 is 2.41 bits per heavy atom. The van der Waals surface area contributed by atoms with Crippen LogP contribution in [-0.2, 0) is 9.53 Å². The summed E-state index contributed by atoms with van der Waals surface area (Å²) in [6.45, 7) is 1.82. The number of nitrogens with one attached hydrogen (secondary N) is 1. The second kappa shape index (κ2) is 9.21. The van der Waals surface area contributed by atoms with Gasteiger partial charge in [0.1, 0.15) is 11.9 Å². The van der Waals surface area contributed by atoms with Gasteiger partial charge < -0.3 is 14.8 Å². The van der Waals surface area contributed by atoms with Crippen LogP contribution in [0.4, 0.5) is 5.69 Å². The van der Waals surface area contributed by atoms with Gasteiger partial charge in [-0.25, -0.2) is 4.79 Å². The topological polar surface area (TPSA) is 64.6 Å². The Morgan fingerprint density at radius 1 is 1.00 bits per heavy atom. The zero-order valence-corrected chi connectivity index (χ0v) is 15.6. The molecule has 0 bridgehead atoms. The number of para-hydroxylation sites is 1. The van der Waals surface area contributed by atoms with Crippen molar-refractivity contribution in [3.05, 3.63) is 59.7 Å². The molecule has 2 aromatic rings. The minimum absolute atomic E-state index is 0.0300. The summed E-state index contributed by atoms with van der Waals surface area (Å²) in [6.07, 6.45) is 5.36. The molecule has 1 amide bonds. The van der Waals surface area contributed by atoms with Gasteiger partial charge in [-0.05, 0) is 68.5 Å². The molecule has 0 heterocycles. The number of hydrogen-bond donors (Lipinski definition) is 1. The van der Waals surface area contributed by atoms with Crippen molar-refractivity contribution in [2.24, 2.45) is 0 Å². The summed E-state index contributed by atoms with van der Waals surface area (Å²) in [5.41, 5.74) is 2.31. The molecule has 142 valence electrons. The van der Waals surface area contributed by atoms with Gasteiger partial charge in [-0.15, -0.1) is 0 Å². The highest BCUT2D eigenvalue weighted by atomic mass is 16.6. The highest BCUT2D eigenvalue weighted by molar-refractivity contribution is 6.04. The summed E-state index contributed by atoms with van der Waals surface area (Å²) < 4.78 is 10.9. The smallest absolute Gasteiger partial charge is 0.344 e. The zero-order valence-electron chi connectivity index (χ0n) is 15.6. The van der Waals surface area contributed by atoms with Crippen LogP contribution < -0.4 is 10.1 Å². The molecule has 3 rings (SSSR count). The van der Waals surface area contributed by atoms with E-state index in [1.54, 1.807) is 24.3 Å². The Balaban J connectivity index is 1.48. The van der Waals surface area contributed by atoms with E-state index in [4.69, 9.17) is 9.47 Å². The van der Waals surface area contributed by atoms with Crippen LogP contribution in [0.1, 0.15) is 48.0 Å². The molecule has 5 nitrogen and oxygen atoms in total. The highest BCUT2D eigenvalue weighted by Gasteiger charge is 2.18. The van der Waals surface area contributed by atoms with Gasteiger partial charge in [0.2, 0.25) is 0 Å². The van der Waals surface area contributed by atoms with Crippen LogP contribution in [0, 0.1) is 6.92 Å². The van der Waals surface area contributed by atoms with Crippen LogP contribution in [-0.4, -0.2) is 24.6 Å². The number of rotatable bonds is 6. The third-order valence-electron chi connectivity index (χ3n) is 4.72. The van der Waals surface area contributed by atoms with Gasteiger partial charge in [0.15, 0.2) is 6.61 Å². The first-order chi connectivity index (χ1) is 13.1. The van der Waals surface area contributed by atoms with Crippen molar-refractivity contribution in [2.75, 3.05) is 11.9 Å². The van der Waals surface area contributed by atoms with Crippen molar-refractivity contribution in [2.45, 2.75) is 45.1 Å². The normalized spacial score (nSPS) is 14.4. The van der Waals surface area contributed by atoms with E-state index in [1.165, 1.54) is 6.42 Å². The number of aryl methyl sites for hydroxylation is 1. The highest BCUT2D eigenvalue weighted by Crippen LogP contribution is 2.21. The van der Waals surface area contributed by atoms with Crippen LogP contribution in [0.5, 0.6) is 5.75 Å². The molecule has 1 fully saturated rings. The van der Waals surface area contributed by atoms with Gasteiger partial charge in [0, 0.05) is 11.3 Å². The first-order valence-electron chi connectivity index (χ1n) is 9.41. The van der Waals surface area contributed by atoms with Crippen LogP contribution in [0.25, 0.3) is 0 Å². The first-order valence-corrected chi connectivity index (χ1v) is 9.41. The van der Waals surface area contributed by atoms with Gasteiger partial charge in [-0.2, -0.15) is 0 Å². The predicted molar refractivity (Wildman–Crippen MR) is 104 cm³/mol.